The van der Waals surface area contributed by atoms with Crippen LogP contribution >= 0.6 is 23.2 Å². The van der Waals surface area contributed by atoms with Gasteiger partial charge in [-0.05, 0) is 25.3 Å². The normalized spacial score (nSPS) is 22.9. The number of aromatic nitrogens is 1. The Balaban J connectivity index is 2.25. The first-order valence-electron chi connectivity index (χ1n) is 6.94. The fourth-order valence-electron chi connectivity index (χ4n) is 2.50. The molecule has 20 heavy (non-hydrogen) atoms. The Hall–Kier alpha value is -0.710. The van der Waals surface area contributed by atoms with Crippen LogP contribution in [0.1, 0.15) is 20.3 Å². The van der Waals surface area contributed by atoms with Gasteiger partial charge < -0.3 is 15.0 Å². The fourth-order valence-corrected chi connectivity index (χ4v) is 3.05. The highest BCUT2D eigenvalue weighted by Crippen LogP contribution is 2.33. The molecule has 1 aliphatic heterocycles. The monoisotopic (exact) mass is 317 g/mol. The fraction of sp³-hybridized carbons (Fsp3) is 0.643. The van der Waals surface area contributed by atoms with Gasteiger partial charge in [-0.1, -0.05) is 30.1 Å². The van der Waals surface area contributed by atoms with Gasteiger partial charge in [0, 0.05) is 26.7 Å². The predicted octanol–water partition coefficient (Wildman–Crippen LogP) is 3.68. The molecule has 112 valence electrons. The molecule has 1 aromatic heterocycles. The lowest BCUT2D eigenvalue weighted by Gasteiger charge is -2.37. The van der Waals surface area contributed by atoms with Gasteiger partial charge in [0.15, 0.2) is 0 Å². The van der Waals surface area contributed by atoms with E-state index in [9.17, 15) is 0 Å². The van der Waals surface area contributed by atoms with Crippen molar-refractivity contribution in [3.8, 4) is 0 Å². The highest BCUT2D eigenvalue weighted by Gasteiger charge is 2.28. The number of methoxy groups -OCH3 is 1. The van der Waals surface area contributed by atoms with E-state index in [0.29, 0.717) is 21.8 Å². The number of ether oxygens (including phenoxy) is 1. The average Bonchev–Trinajstić information content (AvgIpc) is 2.43. The first kappa shape index (κ1) is 15.7. The lowest BCUT2D eigenvalue weighted by Crippen LogP contribution is -2.44. The highest BCUT2D eigenvalue weighted by molar-refractivity contribution is 6.37. The van der Waals surface area contributed by atoms with Crippen LogP contribution in [0.5, 0.6) is 0 Å². The molecular formula is C14H21Cl2N3O. The molecule has 2 unspecified atom stereocenters. The molecule has 4 nitrogen and oxygen atoms in total. The van der Waals surface area contributed by atoms with Crippen molar-refractivity contribution >= 4 is 34.8 Å². The Bertz CT molecular complexity index is 470. The van der Waals surface area contributed by atoms with Crippen molar-refractivity contribution in [3.63, 3.8) is 0 Å². The van der Waals surface area contributed by atoms with Gasteiger partial charge in [-0.3, -0.25) is 0 Å². The molecule has 0 radical (unpaired) electrons. The van der Waals surface area contributed by atoms with Crippen LogP contribution in [-0.2, 0) is 4.74 Å². The third-order valence-corrected chi connectivity index (χ3v) is 4.31. The number of anilines is 2. The smallest absolute Gasteiger partial charge is 0.150 e. The van der Waals surface area contributed by atoms with Crippen LogP contribution in [0.3, 0.4) is 0 Å². The maximum absolute atomic E-state index is 6.31. The Morgan fingerprint density at radius 1 is 1.45 bits per heavy atom. The third kappa shape index (κ3) is 3.30. The molecule has 1 aromatic rings. The first-order valence-corrected chi connectivity index (χ1v) is 7.70. The molecular weight excluding hydrogens is 297 g/mol. The molecule has 0 saturated carbocycles. The van der Waals surface area contributed by atoms with E-state index < -0.39 is 0 Å². The highest BCUT2D eigenvalue weighted by atomic mass is 35.5. The second-order valence-electron chi connectivity index (χ2n) is 5.14. The summed E-state index contributed by atoms with van der Waals surface area (Å²) in [4.78, 5) is 6.75. The van der Waals surface area contributed by atoms with E-state index in [1.165, 1.54) is 0 Å². The van der Waals surface area contributed by atoms with E-state index in [4.69, 9.17) is 27.9 Å². The van der Waals surface area contributed by atoms with Gasteiger partial charge in [0.05, 0.1) is 16.1 Å². The van der Waals surface area contributed by atoms with Crippen molar-refractivity contribution in [1.82, 2.24) is 4.98 Å². The standard InChI is InChI=1S/C14H21Cl2N3O/c1-4-17-13-10(15)7-11(16)14(18-13)19-6-5-9(2)12(8-19)20-3/h7,9,12H,4-6,8H2,1-3H3,(H,17,18). The minimum atomic E-state index is 0.208. The van der Waals surface area contributed by atoms with E-state index in [2.05, 4.69) is 22.1 Å². The molecule has 1 N–H and O–H groups in total. The summed E-state index contributed by atoms with van der Waals surface area (Å²) in [6.07, 6.45) is 1.27. The molecule has 0 aliphatic carbocycles. The largest absolute Gasteiger partial charge is 0.379 e. The number of halogens is 2. The molecule has 0 bridgehead atoms. The summed E-state index contributed by atoms with van der Waals surface area (Å²) in [6.45, 7) is 6.73. The molecule has 2 rings (SSSR count). The van der Waals surface area contributed by atoms with Crippen molar-refractivity contribution < 1.29 is 4.74 Å². The second kappa shape index (κ2) is 6.83. The van der Waals surface area contributed by atoms with Gasteiger partial charge in [0.25, 0.3) is 0 Å². The van der Waals surface area contributed by atoms with Crippen molar-refractivity contribution in [3.05, 3.63) is 16.1 Å². The zero-order chi connectivity index (χ0) is 14.7. The zero-order valence-electron chi connectivity index (χ0n) is 12.1. The molecule has 0 amide bonds. The van der Waals surface area contributed by atoms with Gasteiger partial charge in [0.1, 0.15) is 11.6 Å². The average molecular weight is 318 g/mol. The number of hydrogen-bond acceptors (Lipinski definition) is 4. The minimum Gasteiger partial charge on any atom is -0.379 e. The molecule has 2 atom stereocenters. The Labute approximate surface area is 130 Å². The molecule has 0 spiro atoms. The molecule has 1 saturated heterocycles. The van der Waals surface area contributed by atoms with E-state index in [1.54, 1.807) is 13.2 Å². The summed E-state index contributed by atoms with van der Waals surface area (Å²) < 4.78 is 5.54. The maximum Gasteiger partial charge on any atom is 0.150 e. The summed E-state index contributed by atoms with van der Waals surface area (Å²) >= 11 is 12.5. The number of piperidine rings is 1. The van der Waals surface area contributed by atoms with Gasteiger partial charge in [0.2, 0.25) is 0 Å². The number of nitrogens with zero attached hydrogens (tertiary/aromatic N) is 2. The lowest BCUT2D eigenvalue weighted by molar-refractivity contribution is 0.0496. The van der Waals surface area contributed by atoms with Crippen molar-refractivity contribution in [2.45, 2.75) is 26.4 Å². The van der Waals surface area contributed by atoms with Crippen LogP contribution in [0.4, 0.5) is 11.6 Å². The van der Waals surface area contributed by atoms with Gasteiger partial charge in [-0.25, -0.2) is 4.98 Å². The Morgan fingerprint density at radius 3 is 2.85 bits per heavy atom. The van der Waals surface area contributed by atoms with E-state index in [-0.39, 0.29) is 6.10 Å². The zero-order valence-corrected chi connectivity index (χ0v) is 13.6. The molecule has 1 aliphatic rings. The van der Waals surface area contributed by atoms with Crippen LogP contribution in [0.2, 0.25) is 10.0 Å². The van der Waals surface area contributed by atoms with Crippen LogP contribution in [0, 0.1) is 5.92 Å². The summed E-state index contributed by atoms with van der Waals surface area (Å²) in [5, 5.41) is 4.29. The van der Waals surface area contributed by atoms with Crippen molar-refractivity contribution in [2.75, 3.05) is 37.0 Å². The van der Waals surface area contributed by atoms with Crippen molar-refractivity contribution in [1.29, 1.82) is 0 Å². The van der Waals surface area contributed by atoms with Gasteiger partial charge in [-0.15, -0.1) is 0 Å². The molecule has 2 heterocycles. The van der Waals surface area contributed by atoms with Crippen LogP contribution in [0.15, 0.2) is 6.07 Å². The Kier molecular flexibility index (Phi) is 5.35. The van der Waals surface area contributed by atoms with Gasteiger partial charge >= 0.3 is 0 Å². The van der Waals surface area contributed by atoms with E-state index in [0.717, 1.165) is 31.9 Å². The quantitative estimate of drug-likeness (QED) is 0.919. The predicted molar refractivity (Wildman–Crippen MR) is 85.2 cm³/mol. The van der Waals surface area contributed by atoms with E-state index >= 15 is 0 Å². The van der Waals surface area contributed by atoms with Crippen molar-refractivity contribution in [2.24, 2.45) is 5.92 Å². The maximum atomic E-state index is 6.31. The molecule has 6 heteroatoms. The molecule has 1 fully saturated rings. The summed E-state index contributed by atoms with van der Waals surface area (Å²) in [6, 6.07) is 1.75. The SMILES string of the molecule is CCNc1nc(N2CCC(C)C(OC)C2)c(Cl)cc1Cl. The number of hydrogen-bond donors (Lipinski definition) is 1. The van der Waals surface area contributed by atoms with Crippen LogP contribution < -0.4 is 10.2 Å². The Morgan fingerprint density at radius 2 is 2.20 bits per heavy atom. The van der Waals surface area contributed by atoms with Gasteiger partial charge in [-0.2, -0.15) is 0 Å². The third-order valence-electron chi connectivity index (χ3n) is 3.75. The number of rotatable bonds is 4. The summed E-state index contributed by atoms with van der Waals surface area (Å²) in [5.74, 6) is 2.01. The first-order chi connectivity index (χ1) is 9.56. The minimum absolute atomic E-state index is 0.208. The summed E-state index contributed by atoms with van der Waals surface area (Å²) in [5.41, 5.74) is 0. The summed E-state index contributed by atoms with van der Waals surface area (Å²) in [7, 11) is 1.76. The molecule has 0 aromatic carbocycles. The topological polar surface area (TPSA) is 37.4 Å². The second-order valence-corrected chi connectivity index (χ2v) is 5.96. The van der Waals surface area contributed by atoms with Crippen LogP contribution in [-0.4, -0.2) is 37.8 Å². The number of nitrogens with one attached hydrogen (secondary N) is 1. The van der Waals surface area contributed by atoms with E-state index in [1.807, 2.05) is 6.92 Å². The number of pyridine rings is 1. The van der Waals surface area contributed by atoms with Crippen LogP contribution in [0.25, 0.3) is 0 Å². The lowest BCUT2D eigenvalue weighted by atomic mass is 9.96.